The molecule has 2 rings (SSSR count). The summed E-state index contributed by atoms with van der Waals surface area (Å²) in [6.45, 7) is 0.693. The van der Waals surface area contributed by atoms with Gasteiger partial charge in [0.05, 0.1) is 26.0 Å². The third-order valence-electron chi connectivity index (χ3n) is 1.93. The molecular formula is C8H7ClN2O3. The second-order valence-corrected chi connectivity index (χ2v) is 3.09. The van der Waals surface area contributed by atoms with Gasteiger partial charge >= 0.3 is 5.97 Å². The van der Waals surface area contributed by atoms with Gasteiger partial charge in [-0.05, 0) is 11.6 Å². The molecule has 2 heterocycles. The first-order valence-electron chi connectivity index (χ1n) is 3.93. The molecule has 0 radical (unpaired) electrons. The summed E-state index contributed by atoms with van der Waals surface area (Å²) in [7, 11) is 1.29. The lowest BCUT2D eigenvalue weighted by Crippen LogP contribution is -2.10. The summed E-state index contributed by atoms with van der Waals surface area (Å²) >= 11 is 5.64. The number of fused-ring (bicyclic) bond motifs is 1. The van der Waals surface area contributed by atoms with E-state index in [0.29, 0.717) is 24.5 Å². The number of aromatic nitrogens is 2. The van der Waals surface area contributed by atoms with Crippen LogP contribution in [0.1, 0.15) is 21.7 Å². The number of halogens is 1. The van der Waals surface area contributed by atoms with E-state index in [0.717, 1.165) is 0 Å². The maximum absolute atomic E-state index is 11.3. The van der Waals surface area contributed by atoms with Crippen LogP contribution in [0.25, 0.3) is 0 Å². The summed E-state index contributed by atoms with van der Waals surface area (Å²) in [5, 5.41) is 0.0367. The van der Waals surface area contributed by atoms with Crippen LogP contribution in [0.3, 0.4) is 0 Å². The Labute approximate surface area is 85.0 Å². The predicted octanol–water partition coefficient (Wildman–Crippen LogP) is 0.947. The van der Waals surface area contributed by atoms with Gasteiger partial charge in [0.15, 0.2) is 5.69 Å². The van der Waals surface area contributed by atoms with E-state index in [1.54, 1.807) is 0 Å². The molecule has 6 heteroatoms. The van der Waals surface area contributed by atoms with Gasteiger partial charge in [-0.15, -0.1) is 0 Å². The van der Waals surface area contributed by atoms with Gasteiger partial charge in [-0.2, -0.15) is 0 Å². The molecule has 0 saturated carbocycles. The second-order valence-electron chi connectivity index (χ2n) is 2.75. The zero-order chi connectivity index (χ0) is 10.1. The number of carbonyl (C=O) groups is 1. The minimum absolute atomic E-state index is 0.0367. The van der Waals surface area contributed by atoms with E-state index < -0.39 is 5.97 Å². The third kappa shape index (κ3) is 1.44. The number of hydrogen-bond acceptors (Lipinski definition) is 5. The molecule has 0 atom stereocenters. The first-order valence-corrected chi connectivity index (χ1v) is 4.31. The Kier molecular flexibility index (Phi) is 2.35. The normalized spacial score (nSPS) is 13.9. The molecule has 5 nitrogen and oxygen atoms in total. The fourth-order valence-electron chi connectivity index (χ4n) is 1.29. The standard InChI is InChI=1S/C8H7ClN2O3/c1-13-7(12)6-4-2-14-3-5(4)10-8(9)11-6/h2-3H2,1H3. The van der Waals surface area contributed by atoms with Crippen LogP contribution in [0.2, 0.25) is 5.28 Å². The van der Waals surface area contributed by atoms with E-state index >= 15 is 0 Å². The summed E-state index contributed by atoms with van der Waals surface area (Å²) in [5.41, 5.74) is 1.52. The molecule has 1 aliphatic rings. The van der Waals surface area contributed by atoms with Crippen LogP contribution in [-0.2, 0) is 22.7 Å². The summed E-state index contributed by atoms with van der Waals surface area (Å²) in [6.07, 6.45) is 0. The fraction of sp³-hybridized carbons (Fsp3) is 0.375. The molecule has 0 aliphatic carbocycles. The van der Waals surface area contributed by atoms with Crippen molar-refractivity contribution < 1.29 is 14.3 Å². The van der Waals surface area contributed by atoms with Crippen molar-refractivity contribution in [1.29, 1.82) is 0 Å². The van der Waals surface area contributed by atoms with E-state index in [2.05, 4.69) is 14.7 Å². The van der Waals surface area contributed by atoms with Crippen molar-refractivity contribution in [2.45, 2.75) is 13.2 Å². The molecule has 0 aromatic carbocycles. The molecule has 14 heavy (non-hydrogen) atoms. The Hall–Kier alpha value is -1.20. The molecule has 0 bridgehead atoms. The van der Waals surface area contributed by atoms with Gasteiger partial charge in [0.1, 0.15) is 0 Å². The quantitative estimate of drug-likeness (QED) is 0.515. The van der Waals surface area contributed by atoms with E-state index in [1.165, 1.54) is 7.11 Å². The molecule has 0 saturated heterocycles. The number of nitrogens with zero attached hydrogens (tertiary/aromatic N) is 2. The predicted molar refractivity (Wildman–Crippen MR) is 46.9 cm³/mol. The maximum atomic E-state index is 11.3. The molecule has 1 aromatic rings. The van der Waals surface area contributed by atoms with Crippen LogP contribution in [0.5, 0.6) is 0 Å². The van der Waals surface area contributed by atoms with Crippen molar-refractivity contribution in [3.8, 4) is 0 Å². The summed E-state index contributed by atoms with van der Waals surface area (Å²) in [6, 6.07) is 0. The van der Waals surface area contributed by atoms with Crippen LogP contribution >= 0.6 is 11.6 Å². The number of rotatable bonds is 1. The van der Waals surface area contributed by atoms with Crippen molar-refractivity contribution in [2.75, 3.05) is 7.11 Å². The van der Waals surface area contributed by atoms with Crippen molar-refractivity contribution in [2.24, 2.45) is 0 Å². The van der Waals surface area contributed by atoms with E-state index in [9.17, 15) is 4.79 Å². The van der Waals surface area contributed by atoms with E-state index in [1.807, 2.05) is 0 Å². The zero-order valence-corrected chi connectivity index (χ0v) is 8.17. The van der Waals surface area contributed by atoms with Crippen LogP contribution in [0, 0.1) is 0 Å². The Morgan fingerprint density at radius 3 is 3.00 bits per heavy atom. The molecule has 0 spiro atoms. The average Bonchev–Trinajstić information content (AvgIpc) is 2.62. The summed E-state index contributed by atoms with van der Waals surface area (Å²) < 4.78 is 9.71. The minimum Gasteiger partial charge on any atom is -0.464 e. The number of hydrogen-bond donors (Lipinski definition) is 0. The SMILES string of the molecule is COC(=O)c1nc(Cl)nc2c1COC2. The highest BCUT2D eigenvalue weighted by Crippen LogP contribution is 2.22. The minimum atomic E-state index is -0.518. The van der Waals surface area contributed by atoms with Gasteiger partial charge < -0.3 is 9.47 Å². The fourth-order valence-corrected chi connectivity index (χ4v) is 1.47. The zero-order valence-electron chi connectivity index (χ0n) is 7.41. The van der Waals surface area contributed by atoms with Gasteiger partial charge in [0.2, 0.25) is 5.28 Å². The Balaban J connectivity index is 2.54. The van der Waals surface area contributed by atoms with E-state index in [-0.39, 0.29) is 11.0 Å². The molecule has 1 aliphatic heterocycles. The maximum Gasteiger partial charge on any atom is 0.357 e. The number of methoxy groups -OCH3 is 1. The topological polar surface area (TPSA) is 61.3 Å². The van der Waals surface area contributed by atoms with Gasteiger partial charge in [0.25, 0.3) is 0 Å². The van der Waals surface area contributed by atoms with Crippen LogP contribution in [0.4, 0.5) is 0 Å². The van der Waals surface area contributed by atoms with Gasteiger partial charge in [-0.3, -0.25) is 0 Å². The van der Waals surface area contributed by atoms with Crippen LogP contribution in [0.15, 0.2) is 0 Å². The average molecular weight is 215 g/mol. The monoisotopic (exact) mass is 214 g/mol. The summed E-state index contributed by atoms with van der Waals surface area (Å²) in [5.74, 6) is -0.518. The lowest BCUT2D eigenvalue weighted by molar-refractivity contribution is 0.0589. The smallest absolute Gasteiger partial charge is 0.357 e. The highest BCUT2D eigenvalue weighted by atomic mass is 35.5. The molecule has 0 amide bonds. The molecule has 74 valence electrons. The molecule has 0 fully saturated rings. The lowest BCUT2D eigenvalue weighted by Gasteiger charge is -2.03. The molecular weight excluding hydrogens is 208 g/mol. The molecule has 0 unspecified atom stereocenters. The first-order chi connectivity index (χ1) is 6.72. The van der Waals surface area contributed by atoms with Crippen molar-refractivity contribution in [1.82, 2.24) is 9.97 Å². The largest absolute Gasteiger partial charge is 0.464 e. The highest BCUT2D eigenvalue weighted by molar-refractivity contribution is 6.28. The van der Waals surface area contributed by atoms with E-state index in [4.69, 9.17) is 16.3 Å². The van der Waals surface area contributed by atoms with Crippen LogP contribution in [-0.4, -0.2) is 23.0 Å². The Morgan fingerprint density at radius 2 is 2.29 bits per heavy atom. The number of ether oxygens (including phenoxy) is 2. The molecule has 0 N–H and O–H groups in total. The van der Waals surface area contributed by atoms with Crippen molar-refractivity contribution in [3.05, 3.63) is 22.2 Å². The molecule has 1 aromatic heterocycles. The highest BCUT2D eigenvalue weighted by Gasteiger charge is 2.24. The van der Waals surface area contributed by atoms with Crippen molar-refractivity contribution >= 4 is 17.6 Å². The van der Waals surface area contributed by atoms with Gasteiger partial charge in [-0.1, -0.05) is 0 Å². The lowest BCUT2D eigenvalue weighted by atomic mass is 10.2. The Bertz CT molecular complexity index is 394. The third-order valence-corrected chi connectivity index (χ3v) is 2.10. The van der Waals surface area contributed by atoms with Crippen molar-refractivity contribution in [3.63, 3.8) is 0 Å². The number of esters is 1. The van der Waals surface area contributed by atoms with Gasteiger partial charge in [0, 0.05) is 5.56 Å². The second kappa shape index (κ2) is 3.51. The van der Waals surface area contributed by atoms with Crippen LogP contribution < -0.4 is 0 Å². The Morgan fingerprint density at radius 1 is 1.50 bits per heavy atom. The number of carbonyl (C=O) groups excluding carboxylic acids is 1. The van der Waals surface area contributed by atoms with Gasteiger partial charge in [-0.25, -0.2) is 14.8 Å². The summed E-state index contributed by atoms with van der Waals surface area (Å²) in [4.78, 5) is 19.1. The first kappa shape index (κ1) is 9.36.